The minimum absolute atomic E-state index is 0.251. The molecule has 0 aliphatic rings. The largest absolute Gasteiger partial charge is 0.496 e. The van der Waals surface area contributed by atoms with Crippen LogP contribution in [-0.4, -0.2) is 30.5 Å². The van der Waals surface area contributed by atoms with E-state index in [1.54, 1.807) is 24.3 Å². The Bertz CT molecular complexity index is 965. The summed E-state index contributed by atoms with van der Waals surface area (Å²) >= 11 is 1.15. The highest BCUT2D eigenvalue weighted by atomic mass is 32.1. The second-order valence-electron chi connectivity index (χ2n) is 5.35. The van der Waals surface area contributed by atoms with Gasteiger partial charge in [0.05, 0.1) is 18.4 Å². The number of thiophene rings is 1. The summed E-state index contributed by atoms with van der Waals surface area (Å²) < 4.78 is 10.3. The number of carbonyl (C=O) groups is 2. The number of hydrogen-bond acceptors (Lipinski definition) is 7. The predicted octanol–water partition coefficient (Wildman–Crippen LogP) is 3.24. The van der Waals surface area contributed by atoms with E-state index in [-0.39, 0.29) is 17.3 Å². The van der Waals surface area contributed by atoms with E-state index in [4.69, 9.17) is 15.2 Å². The number of nitrogens with two attached hydrogens (primary N) is 1. The summed E-state index contributed by atoms with van der Waals surface area (Å²) in [6.07, 6.45) is 0. The van der Waals surface area contributed by atoms with Crippen molar-refractivity contribution in [3.05, 3.63) is 52.5 Å². The number of nitrogen functional groups attached to an aromatic ring is 1. The summed E-state index contributed by atoms with van der Waals surface area (Å²) in [5, 5.41) is 0.707. The van der Waals surface area contributed by atoms with Gasteiger partial charge in [0.25, 0.3) is 0 Å². The third-order valence-electron chi connectivity index (χ3n) is 3.66. The molecule has 0 atom stereocenters. The molecule has 0 radical (unpaired) electrons. The van der Waals surface area contributed by atoms with Crippen molar-refractivity contribution in [2.24, 2.45) is 0 Å². The van der Waals surface area contributed by atoms with Crippen LogP contribution in [-0.2, 0) is 4.74 Å². The van der Waals surface area contributed by atoms with E-state index in [0.29, 0.717) is 27.2 Å². The van der Waals surface area contributed by atoms with Gasteiger partial charge in [0.15, 0.2) is 6.61 Å². The van der Waals surface area contributed by atoms with Gasteiger partial charge in [-0.25, -0.2) is 9.78 Å². The van der Waals surface area contributed by atoms with Crippen molar-refractivity contribution in [1.82, 2.24) is 4.98 Å². The molecule has 0 spiro atoms. The summed E-state index contributed by atoms with van der Waals surface area (Å²) in [4.78, 5) is 29.8. The van der Waals surface area contributed by atoms with Crippen LogP contribution in [0.3, 0.4) is 0 Å². The Hall–Kier alpha value is -2.93. The molecule has 7 heteroatoms. The lowest BCUT2D eigenvalue weighted by Gasteiger charge is -2.07. The topological polar surface area (TPSA) is 91.5 Å². The van der Waals surface area contributed by atoms with E-state index in [2.05, 4.69) is 4.98 Å². The summed E-state index contributed by atoms with van der Waals surface area (Å²) in [7, 11) is 1.48. The number of hydrogen-bond donors (Lipinski definition) is 1. The van der Waals surface area contributed by atoms with Crippen molar-refractivity contribution in [1.29, 1.82) is 0 Å². The zero-order valence-electron chi connectivity index (χ0n) is 13.7. The number of methoxy groups -OCH3 is 1. The average Bonchev–Trinajstić information content (AvgIpc) is 2.95. The van der Waals surface area contributed by atoms with E-state index in [1.165, 1.54) is 7.11 Å². The highest BCUT2D eigenvalue weighted by molar-refractivity contribution is 7.21. The number of rotatable bonds is 5. The first-order valence-corrected chi connectivity index (χ1v) is 8.32. The SMILES string of the molecule is COc1ccccc1C(=O)COC(=O)c1sc2nc(C)ccc2c1N. The third kappa shape index (κ3) is 3.32. The monoisotopic (exact) mass is 356 g/mol. The maximum atomic E-state index is 12.3. The molecule has 0 aliphatic carbocycles. The first-order chi connectivity index (χ1) is 12.0. The van der Waals surface area contributed by atoms with Gasteiger partial charge in [-0.05, 0) is 31.2 Å². The lowest BCUT2D eigenvalue weighted by Crippen LogP contribution is -2.15. The Balaban J connectivity index is 1.77. The summed E-state index contributed by atoms with van der Waals surface area (Å²) in [6.45, 7) is 1.47. The van der Waals surface area contributed by atoms with Gasteiger partial charge in [0, 0.05) is 11.1 Å². The van der Waals surface area contributed by atoms with Crippen LogP contribution >= 0.6 is 11.3 Å². The number of aromatic nitrogens is 1. The number of ketones is 1. The van der Waals surface area contributed by atoms with Crippen molar-refractivity contribution < 1.29 is 19.1 Å². The zero-order valence-corrected chi connectivity index (χ0v) is 14.6. The molecule has 25 heavy (non-hydrogen) atoms. The quantitative estimate of drug-likeness (QED) is 0.557. The second-order valence-corrected chi connectivity index (χ2v) is 6.35. The standard InChI is InChI=1S/C18H16N2O4S/c1-10-7-8-12-15(19)16(25-17(12)20-10)18(22)24-9-13(21)11-5-3-4-6-14(11)23-2/h3-8H,9,19H2,1-2H3. The molecule has 3 aromatic rings. The van der Waals surface area contributed by atoms with Crippen LogP contribution in [0.1, 0.15) is 25.7 Å². The second kappa shape index (κ2) is 6.90. The number of aryl methyl sites for hydroxylation is 1. The van der Waals surface area contributed by atoms with E-state index in [9.17, 15) is 9.59 Å². The number of benzene rings is 1. The Labute approximate surface area is 148 Å². The normalized spacial score (nSPS) is 10.6. The van der Waals surface area contributed by atoms with Crippen LogP contribution in [0, 0.1) is 6.92 Å². The number of pyridine rings is 1. The molecule has 0 saturated carbocycles. The highest BCUT2D eigenvalue weighted by Gasteiger charge is 2.20. The van der Waals surface area contributed by atoms with Gasteiger partial charge in [0.1, 0.15) is 15.5 Å². The van der Waals surface area contributed by atoms with Crippen LogP contribution in [0.25, 0.3) is 10.2 Å². The third-order valence-corrected chi connectivity index (χ3v) is 4.76. The Morgan fingerprint density at radius 3 is 2.72 bits per heavy atom. The minimum atomic E-state index is -0.638. The van der Waals surface area contributed by atoms with Crippen molar-refractivity contribution in [3.8, 4) is 5.75 Å². The van der Waals surface area contributed by atoms with Crippen LogP contribution in [0.5, 0.6) is 5.75 Å². The minimum Gasteiger partial charge on any atom is -0.496 e. The molecule has 0 aliphatic heterocycles. The first-order valence-electron chi connectivity index (χ1n) is 7.50. The predicted molar refractivity (Wildman–Crippen MR) is 96.4 cm³/mol. The molecule has 3 rings (SSSR count). The first kappa shape index (κ1) is 16.9. The van der Waals surface area contributed by atoms with Gasteiger partial charge in [-0.2, -0.15) is 0 Å². The van der Waals surface area contributed by atoms with Gasteiger partial charge >= 0.3 is 5.97 Å². The van der Waals surface area contributed by atoms with Gasteiger partial charge in [0.2, 0.25) is 5.78 Å². The molecule has 0 bridgehead atoms. The molecule has 2 aromatic heterocycles. The van der Waals surface area contributed by atoms with Crippen molar-refractivity contribution >= 4 is 39.0 Å². The number of ether oxygens (including phenoxy) is 2. The molecule has 0 unspecified atom stereocenters. The molecule has 0 amide bonds. The number of carbonyl (C=O) groups excluding carboxylic acids is 2. The van der Waals surface area contributed by atoms with Crippen LogP contribution in [0.2, 0.25) is 0 Å². The zero-order chi connectivity index (χ0) is 18.0. The van der Waals surface area contributed by atoms with E-state index < -0.39 is 5.97 Å². The van der Waals surface area contributed by atoms with Crippen molar-refractivity contribution in [2.45, 2.75) is 6.92 Å². The lowest BCUT2D eigenvalue weighted by molar-refractivity contribution is 0.0480. The number of Topliss-reactive ketones (excluding diaryl/α,β-unsaturated/α-hetero) is 1. The molecule has 128 valence electrons. The van der Waals surface area contributed by atoms with E-state index in [1.807, 2.05) is 19.1 Å². The van der Waals surface area contributed by atoms with E-state index >= 15 is 0 Å². The smallest absolute Gasteiger partial charge is 0.350 e. The Morgan fingerprint density at radius 2 is 1.96 bits per heavy atom. The number of fused-ring (bicyclic) bond motifs is 1. The van der Waals surface area contributed by atoms with Gasteiger partial charge in [-0.15, -0.1) is 11.3 Å². The van der Waals surface area contributed by atoms with Crippen LogP contribution in [0.15, 0.2) is 36.4 Å². The van der Waals surface area contributed by atoms with Crippen LogP contribution in [0.4, 0.5) is 5.69 Å². The Morgan fingerprint density at radius 1 is 1.20 bits per heavy atom. The molecule has 2 N–H and O–H groups in total. The fourth-order valence-electron chi connectivity index (χ4n) is 2.39. The van der Waals surface area contributed by atoms with Crippen LogP contribution < -0.4 is 10.5 Å². The molecule has 6 nitrogen and oxygen atoms in total. The number of para-hydroxylation sites is 1. The van der Waals surface area contributed by atoms with Gasteiger partial charge < -0.3 is 15.2 Å². The number of esters is 1. The average molecular weight is 356 g/mol. The lowest BCUT2D eigenvalue weighted by atomic mass is 10.1. The molecule has 2 heterocycles. The molecular weight excluding hydrogens is 340 g/mol. The van der Waals surface area contributed by atoms with Crippen molar-refractivity contribution in [3.63, 3.8) is 0 Å². The number of nitrogens with zero attached hydrogens (tertiary/aromatic N) is 1. The maximum Gasteiger partial charge on any atom is 0.350 e. The maximum absolute atomic E-state index is 12.3. The summed E-state index contributed by atoms with van der Waals surface area (Å²) in [6, 6.07) is 10.4. The molecule has 1 aromatic carbocycles. The number of anilines is 1. The highest BCUT2D eigenvalue weighted by Crippen LogP contribution is 2.33. The summed E-state index contributed by atoms with van der Waals surface area (Å²) in [5.74, 6) is -0.551. The molecule has 0 fully saturated rings. The molecular formula is C18H16N2O4S. The Kier molecular flexibility index (Phi) is 4.67. The van der Waals surface area contributed by atoms with Gasteiger partial charge in [-0.1, -0.05) is 12.1 Å². The fourth-order valence-corrected chi connectivity index (χ4v) is 3.42. The van der Waals surface area contributed by atoms with Crippen molar-refractivity contribution in [2.75, 3.05) is 19.5 Å². The fraction of sp³-hybridized carbons (Fsp3) is 0.167. The molecule has 0 saturated heterocycles. The van der Waals surface area contributed by atoms with Gasteiger partial charge in [-0.3, -0.25) is 4.79 Å². The summed E-state index contributed by atoms with van der Waals surface area (Å²) in [5.41, 5.74) is 7.53. The van der Waals surface area contributed by atoms with E-state index in [0.717, 1.165) is 17.0 Å².